The van der Waals surface area contributed by atoms with Crippen molar-refractivity contribution >= 4 is 16.1 Å². The van der Waals surface area contributed by atoms with E-state index in [1.807, 2.05) is 0 Å². The summed E-state index contributed by atoms with van der Waals surface area (Å²) < 4.78 is 35.9. The number of aliphatic hydroxyl groups is 1. The van der Waals surface area contributed by atoms with Gasteiger partial charge in [0, 0.05) is 12.6 Å². The van der Waals surface area contributed by atoms with Crippen LogP contribution in [0.15, 0.2) is 0 Å². The average molecular weight is 323 g/mol. The van der Waals surface area contributed by atoms with Crippen molar-refractivity contribution in [3.8, 4) is 0 Å². The smallest absolute Gasteiger partial charge is 0.337 e. The summed E-state index contributed by atoms with van der Waals surface area (Å²) in [6, 6.07) is 0.267. The molecule has 1 aliphatic carbocycles. The average Bonchev–Trinajstić information content (AvgIpc) is 2.34. The van der Waals surface area contributed by atoms with Gasteiger partial charge in [0.1, 0.15) is 11.9 Å². The van der Waals surface area contributed by atoms with Crippen LogP contribution < -0.4 is 5.32 Å². The van der Waals surface area contributed by atoms with E-state index in [-0.39, 0.29) is 12.6 Å². The number of hydrogen-bond acceptors (Lipinski definition) is 6. The molecule has 0 aromatic heterocycles. The van der Waals surface area contributed by atoms with Gasteiger partial charge in [0.15, 0.2) is 5.60 Å². The van der Waals surface area contributed by atoms with Gasteiger partial charge >= 0.3 is 5.97 Å². The van der Waals surface area contributed by atoms with E-state index in [0.29, 0.717) is 0 Å². The molecule has 8 heteroatoms. The highest BCUT2D eigenvalue weighted by atomic mass is 32.2. The van der Waals surface area contributed by atoms with Crippen molar-refractivity contribution in [3.05, 3.63) is 0 Å². The fourth-order valence-corrected chi connectivity index (χ4v) is 2.93. The molecule has 1 unspecified atom stereocenters. The van der Waals surface area contributed by atoms with Crippen LogP contribution in [0, 0.1) is 0 Å². The zero-order chi connectivity index (χ0) is 16.1. The molecule has 1 atom stereocenters. The SMILES string of the molecule is CC(C)(O)C(=O)OC(CNC1CCCCC1)CS(=O)(=O)O. The maximum Gasteiger partial charge on any atom is 0.337 e. The number of nitrogens with one attached hydrogen (secondary N) is 1. The van der Waals surface area contributed by atoms with Gasteiger partial charge in [-0.05, 0) is 26.7 Å². The third-order valence-electron chi connectivity index (χ3n) is 3.41. The molecule has 124 valence electrons. The Bertz CT molecular complexity index is 436. The molecule has 0 aliphatic heterocycles. The molecule has 1 fully saturated rings. The summed E-state index contributed by atoms with van der Waals surface area (Å²) in [4.78, 5) is 11.6. The highest BCUT2D eigenvalue weighted by Crippen LogP contribution is 2.17. The molecule has 1 aliphatic rings. The molecule has 0 heterocycles. The number of ether oxygens (including phenoxy) is 1. The third kappa shape index (κ3) is 7.75. The molecule has 0 radical (unpaired) electrons. The summed E-state index contributed by atoms with van der Waals surface area (Å²) >= 11 is 0. The maximum atomic E-state index is 11.6. The Morgan fingerprint density at radius 1 is 1.33 bits per heavy atom. The summed E-state index contributed by atoms with van der Waals surface area (Å²) in [6.45, 7) is 2.65. The van der Waals surface area contributed by atoms with Gasteiger partial charge in [-0.25, -0.2) is 4.79 Å². The first-order chi connectivity index (χ1) is 9.58. The number of esters is 1. The molecular weight excluding hydrogens is 298 g/mol. The lowest BCUT2D eigenvalue weighted by molar-refractivity contribution is -0.166. The van der Waals surface area contributed by atoms with Crippen molar-refractivity contribution in [2.24, 2.45) is 0 Å². The summed E-state index contributed by atoms with van der Waals surface area (Å²) in [5, 5.41) is 12.7. The van der Waals surface area contributed by atoms with E-state index >= 15 is 0 Å². The summed E-state index contributed by atoms with van der Waals surface area (Å²) in [5.41, 5.74) is -1.71. The van der Waals surface area contributed by atoms with Crippen LogP contribution in [0.1, 0.15) is 46.0 Å². The zero-order valence-electron chi connectivity index (χ0n) is 12.5. The predicted octanol–water partition coefficient (Wildman–Crippen LogP) is 0.479. The monoisotopic (exact) mass is 323 g/mol. The number of rotatable bonds is 7. The van der Waals surface area contributed by atoms with Gasteiger partial charge in [0.2, 0.25) is 0 Å². The Kier molecular flexibility index (Phi) is 6.58. The van der Waals surface area contributed by atoms with Gasteiger partial charge in [-0.1, -0.05) is 19.3 Å². The molecule has 3 N–H and O–H groups in total. The van der Waals surface area contributed by atoms with Gasteiger partial charge in [0.05, 0.1) is 0 Å². The number of carbonyl (C=O) groups is 1. The van der Waals surface area contributed by atoms with Crippen molar-refractivity contribution < 1.29 is 27.6 Å². The van der Waals surface area contributed by atoms with Gasteiger partial charge in [-0.15, -0.1) is 0 Å². The van der Waals surface area contributed by atoms with Crippen LogP contribution in [0.2, 0.25) is 0 Å². The second kappa shape index (κ2) is 7.53. The molecule has 1 saturated carbocycles. The summed E-state index contributed by atoms with van der Waals surface area (Å²) in [5.74, 6) is -1.60. The molecule has 0 bridgehead atoms. The minimum atomic E-state index is -4.27. The molecule has 21 heavy (non-hydrogen) atoms. The largest absolute Gasteiger partial charge is 0.458 e. The first kappa shape index (κ1) is 18.3. The van der Waals surface area contributed by atoms with E-state index in [2.05, 4.69) is 5.32 Å². The molecule has 0 saturated heterocycles. The topological polar surface area (TPSA) is 113 Å². The fourth-order valence-electron chi connectivity index (χ4n) is 2.27. The molecular formula is C13H25NO6S. The highest BCUT2D eigenvalue weighted by Gasteiger charge is 2.30. The van der Waals surface area contributed by atoms with Crippen molar-refractivity contribution in [2.45, 2.75) is 63.7 Å². The fraction of sp³-hybridized carbons (Fsp3) is 0.923. The number of carbonyl (C=O) groups excluding carboxylic acids is 1. The van der Waals surface area contributed by atoms with Crippen molar-refractivity contribution in [3.63, 3.8) is 0 Å². The first-order valence-corrected chi connectivity index (χ1v) is 8.81. The molecule has 0 aromatic rings. The van der Waals surface area contributed by atoms with Gasteiger partial charge < -0.3 is 15.2 Å². The normalized spacial score (nSPS) is 19.2. The predicted molar refractivity (Wildman–Crippen MR) is 77.5 cm³/mol. The Balaban J connectivity index is 2.57. The van der Waals surface area contributed by atoms with Crippen molar-refractivity contribution in [1.82, 2.24) is 5.32 Å². The van der Waals surface area contributed by atoms with E-state index in [1.54, 1.807) is 0 Å². The molecule has 7 nitrogen and oxygen atoms in total. The second-order valence-electron chi connectivity index (χ2n) is 6.08. The minimum Gasteiger partial charge on any atom is -0.458 e. The first-order valence-electron chi connectivity index (χ1n) is 7.20. The van der Waals surface area contributed by atoms with Crippen molar-refractivity contribution in [2.75, 3.05) is 12.3 Å². The zero-order valence-corrected chi connectivity index (χ0v) is 13.4. The Morgan fingerprint density at radius 3 is 2.38 bits per heavy atom. The summed E-state index contributed by atoms with van der Waals surface area (Å²) in [7, 11) is -4.27. The van der Waals surface area contributed by atoms with Crippen molar-refractivity contribution in [1.29, 1.82) is 0 Å². The van der Waals surface area contributed by atoms with Crippen LogP contribution in [0.5, 0.6) is 0 Å². The van der Waals surface area contributed by atoms with E-state index in [4.69, 9.17) is 9.29 Å². The Hall–Kier alpha value is -0.700. The van der Waals surface area contributed by atoms with Gasteiger partial charge in [-0.3, -0.25) is 4.55 Å². The number of hydrogen-bond donors (Lipinski definition) is 3. The van der Waals surface area contributed by atoms with Gasteiger partial charge in [-0.2, -0.15) is 8.42 Å². The molecule has 0 spiro atoms. The standard InChI is InChI=1S/C13H25NO6S/c1-13(2,16)12(15)20-11(9-21(17,18)19)8-14-10-6-4-3-5-7-10/h10-11,14,16H,3-9H2,1-2H3,(H,17,18,19). The quantitative estimate of drug-likeness (QED) is 0.461. The van der Waals surface area contributed by atoms with Gasteiger partial charge in [0.25, 0.3) is 10.1 Å². The van der Waals surface area contributed by atoms with Crippen LogP contribution in [0.3, 0.4) is 0 Å². The lowest BCUT2D eigenvalue weighted by atomic mass is 9.95. The molecule has 0 aromatic carbocycles. The second-order valence-corrected chi connectivity index (χ2v) is 7.58. The summed E-state index contributed by atoms with van der Waals surface area (Å²) in [6.07, 6.45) is 4.39. The van der Waals surface area contributed by atoms with Crippen LogP contribution in [0.25, 0.3) is 0 Å². The van der Waals surface area contributed by atoms with E-state index in [1.165, 1.54) is 20.3 Å². The third-order valence-corrected chi connectivity index (χ3v) is 4.20. The highest BCUT2D eigenvalue weighted by molar-refractivity contribution is 7.85. The molecule has 1 rings (SSSR count). The van der Waals surface area contributed by atoms with E-state index in [9.17, 15) is 18.3 Å². The van der Waals surface area contributed by atoms with E-state index < -0.39 is 33.5 Å². The lowest BCUT2D eigenvalue weighted by Gasteiger charge is -2.26. The Morgan fingerprint density at radius 2 is 1.90 bits per heavy atom. The molecule has 0 amide bonds. The minimum absolute atomic E-state index is 0.131. The lowest BCUT2D eigenvalue weighted by Crippen LogP contribution is -2.44. The maximum absolute atomic E-state index is 11.6. The van der Waals surface area contributed by atoms with Crippen LogP contribution in [-0.2, 0) is 19.6 Å². The van der Waals surface area contributed by atoms with Crippen LogP contribution in [0.4, 0.5) is 0 Å². The van der Waals surface area contributed by atoms with E-state index in [0.717, 1.165) is 25.7 Å². The van der Waals surface area contributed by atoms with Crippen LogP contribution >= 0.6 is 0 Å². The Labute approximate surface area is 125 Å². The van der Waals surface area contributed by atoms with Crippen LogP contribution in [-0.4, -0.2) is 54.1 Å².